The van der Waals surface area contributed by atoms with E-state index in [1.807, 2.05) is 0 Å². The summed E-state index contributed by atoms with van der Waals surface area (Å²) in [4.78, 5) is 11.6. The van der Waals surface area contributed by atoms with Crippen LogP contribution < -0.4 is 9.46 Å². The Balaban J connectivity index is 2.01. The van der Waals surface area contributed by atoms with Gasteiger partial charge in [-0.1, -0.05) is 25.1 Å². The Morgan fingerprint density at radius 1 is 1.33 bits per heavy atom. The monoisotopic (exact) mass is 329 g/mol. The van der Waals surface area contributed by atoms with Crippen LogP contribution in [0.2, 0.25) is 0 Å². The molecule has 1 aliphatic heterocycles. The Labute approximate surface area is 129 Å². The highest BCUT2D eigenvalue weighted by molar-refractivity contribution is 8.14. The average molecular weight is 329 g/mol. The van der Waals surface area contributed by atoms with Gasteiger partial charge in [-0.3, -0.25) is 4.79 Å². The van der Waals surface area contributed by atoms with E-state index in [1.54, 1.807) is 12.1 Å². The van der Waals surface area contributed by atoms with E-state index >= 15 is 0 Å². The molecule has 1 saturated heterocycles. The van der Waals surface area contributed by atoms with Crippen LogP contribution in [0.5, 0.6) is 5.75 Å². The second-order valence-electron chi connectivity index (χ2n) is 4.80. The van der Waals surface area contributed by atoms with Gasteiger partial charge in [-0.25, -0.2) is 8.42 Å². The third-order valence-electron chi connectivity index (χ3n) is 3.13. The zero-order valence-corrected chi connectivity index (χ0v) is 13.5. The molecular formula is C14H19NO4S2. The molecule has 2 rings (SSSR count). The van der Waals surface area contributed by atoms with Gasteiger partial charge in [0.05, 0.1) is 17.5 Å². The molecule has 1 fully saturated rings. The lowest BCUT2D eigenvalue weighted by atomic mass is 10.3. The summed E-state index contributed by atoms with van der Waals surface area (Å²) in [7, 11) is -3.66. The summed E-state index contributed by atoms with van der Waals surface area (Å²) in [6, 6.07) is 5.65. The van der Waals surface area contributed by atoms with Gasteiger partial charge in [-0.2, -0.15) is 4.72 Å². The number of unbranched alkanes of at least 4 members (excludes halogenated alkanes) is 1. The summed E-state index contributed by atoms with van der Waals surface area (Å²) in [6.45, 7) is 2.70. The molecule has 1 N–H and O–H groups in total. The van der Waals surface area contributed by atoms with Crippen molar-refractivity contribution in [3.63, 3.8) is 0 Å². The number of benzene rings is 1. The van der Waals surface area contributed by atoms with Crippen LogP contribution in [-0.2, 0) is 14.8 Å². The molecule has 7 heteroatoms. The molecule has 1 aliphatic rings. The van der Waals surface area contributed by atoms with Crippen molar-refractivity contribution in [2.45, 2.75) is 37.1 Å². The molecule has 5 nitrogen and oxygen atoms in total. The van der Waals surface area contributed by atoms with E-state index < -0.39 is 16.1 Å². The van der Waals surface area contributed by atoms with Crippen LogP contribution in [0.15, 0.2) is 29.2 Å². The number of thioether (sulfide) groups is 1. The fourth-order valence-corrected chi connectivity index (χ4v) is 4.14. The van der Waals surface area contributed by atoms with E-state index in [4.69, 9.17) is 4.74 Å². The maximum atomic E-state index is 12.2. The molecule has 1 heterocycles. The molecule has 0 bridgehead atoms. The molecule has 0 amide bonds. The van der Waals surface area contributed by atoms with E-state index in [1.165, 1.54) is 23.9 Å². The van der Waals surface area contributed by atoms with E-state index in [0.29, 0.717) is 24.5 Å². The molecule has 0 saturated carbocycles. The van der Waals surface area contributed by atoms with Gasteiger partial charge in [-0.05, 0) is 37.1 Å². The zero-order valence-electron chi connectivity index (χ0n) is 11.9. The summed E-state index contributed by atoms with van der Waals surface area (Å²) in [5.41, 5.74) is 0. The number of carbonyl (C=O) groups is 1. The van der Waals surface area contributed by atoms with Crippen LogP contribution in [-0.4, -0.2) is 31.9 Å². The highest BCUT2D eigenvalue weighted by Gasteiger charge is 2.30. The summed E-state index contributed by atoms with van der Waals surface area (Å²) in [5.74, 6) is 1.31. The number of ether oxygens (including phenoxy) is 1. The molecular weight excluding hydrogens is 310 g/mol. The van der Waals surface area contributed by atoms with E-state index in [9.17, 15) is 13.2 Å². The van der Waals surface area contributed by atoms with Crippen molar-refractivity contribution in [2.24, 2.45) is 0 Å². The highest BCUT2D eigenvalue weighted by Crippen LogP contribution is 2.22. The van der Waals surface area contributed by atoms with E-state index in [-0.39, 0.29) is 10.0 Å². The predicted molar refractivity (Wildman–Crippen MR) is 83.0 cm³/mol. The maximum absolute atomic E-state index is 12.2. The molecule has 1 aromatic rings. The van der Waals surface area contributed by atoms with Gasteiger partial charge in [-0.15, -0.1) is 0 Å². The summed E-state index contributed by atoms with van der Waals surface area (Å²) >= 11 is 1.17. The Hall–Kier alpha value is -1.05. The molecule has 116 valence electrons. The van der Waals surface area contributed by atoms with Crippen molar-refractivity contribution in [1.29, 1.82) is 0 Å². The van der Waals surface area contributed by atoms with Crippen molar-refractivity contribution in [2.75, 3.05) is 12.4 Å². The summed E-state index contributed by atoms with van der Waals surface area (Å²) in [5, 5.41) is -0.113. The van der Waals surface area contributed by atoms with Crippen molar-refractivity contribution in [3.05, 3.63) is 24.3 Å². The fraction of sp³-hybridized carbons (Fsp3) is 0.500. The third kappa shape index (κ3) is 4.46. The first-order valence-corrected chi connectivity index (χ1v) is 9.41. The standard InChI is InChI=1S/C14H19NO4S2/c1-2-3-9-19-11-4-6-12(7-5-11)21(17,18)15-13-8-10-20-14(13)16/h4-7,13,15H,2-3,8-10H2,1H3. The number of sulfonamides is 1. The first-order valence-electron chi connectivity index (χ1n) is 6.95. The first kappa shape index (κ1) is 16.3. The number of hydrogen-bond acceptors (Lipinski definition) is 5. The zero-order chi connectivity index (χ0) is 15.3. The number of nitrogens with one attached hydrogen (secondary N) is 1. The highest BCUT2D eigenvalue weighted by atomic mass is 32.2. The van der Waals surface area contributed by atoms with Gasteiger partial charge in [0.2, 0.25) is 15.1 Å². The molecule has 1 unspecified atom stereocenters. The molecule has 0 aliphatic carbocycles. The lowest BCUT2D eigenvalue weighted by Crippen LogP contribution is -2.37. The Bertz CT molecular complexity index is 583. The SMILES string of the molecule is CCCCOc1ccc(S(=O)(=O)NC2CCSC2=O)cc1. The lowest BCUT2D eigenvalue weighted by molar-refractivity contribution is -0.111. The predicted octanol–water partition coefficient (Wildman–Crippen LogP) is 2.18. The summed E-state index contributed by atoms with van der Waals surface area (Å²) in [6.07, 6.45) is 2.55. The lowest BCUT2D eigenvalue weighted by Gasteiger charge is -2.11. The minimum atomic E-state index is -3.66. The maximum Gasteiger partial charge on any atom is 0.241 e. The number of rotatable bonds is 7. The number of hydrogen-bond donors (Lipinski definition) is 1. The van der Waals surface area contributed by atoms with E-state index in [2.05, 4.69) is 11.6 Å². The Kier molecular flexibility index (Phi) is 5.66. The summed E-state index contributed by atoms with van der Waals surface area (Å²) < 4.78 is 32.3. The van der Waals surface area contributed by atoms with Crippen LogP contribution in [0.3, 0.4) is 0 Å². The van der Waals surface area contributed by atoms with Gasteiger partial charge in [0.25, 0.3) is 0 Å². The molecule has 0 spiro atoms. The molecule has 0 aromatic heterocycles. The van der Waals surface area contributed by atoms with Crippen molar-refractivity contribution < 1.29 is 17.9 Å². The van der Waals surface area contributed by atoms with Crippen LogP contribution in [0.25, 0.3) is 0 Å². The minimum absolute atomic E-state index is 0.113. The van der Waals surface area contributed by atoms with Gasteiger partial charge in [0.15, 0.2) is 0 Å². The van der Waals surface area contributed by atoms with Crippen LogP contribution in [0.4, 0.5) is 0 Å². The quantitative estimate of drug-likeness (QED) is 0.776. The normalized spacial score (nSPS) is 18.9. The second-order valence-corrected chi connectivity index (χ2v) is 7.62. The minimum Gasteiger partial charge on any atom is -0.494 e. The number of carbonyl (C=O) groups excluding carboxylic acids is 1. The van der Waals surface area contributed by atoms with Gasteiger partial charge in [0, 0.05) is 5.75 Å². The topological polar surface area (TPSA) is 72.5 Å². The van der Waals surface area contributed by atoms with Gasteiger partial charge in [0.1, 0.15) is 5.75 Å². The Morgan fingerprint density at radius 2 is 2.05 bits per heavy atom. The van der Waals surface area contributed by atoms with Gasteiger partial charge >= 0.3 is 0 Å². The first-order chi connectivity index (χ1) is 10.0. The van der Waals surface area contributed by atoms with Crippen LogP contribution in [0.1, 0.15) is 26.2 Å². The smallest absolute Gasteiger partial charge is 0.241 e. The van der Waals surface area contributed by atoms with Crippen molar-refractivity contribution in [1.82, 2.24) is 4.72 Å². The van der Waals surface area contributed by atoms with Gasteiger partial charge < -0.3 is 4.74 Å². The average Bonchev–Trinajstić information content (AvgIpc) is 2.84. The molecule has 1 aromatic carbocycles. The molecule has 1 atom stereocenters. The molecule has 21 heavy (non-hydrogen) atoms. The fourth-order valence-electron chi connectivity index (χ4n) is 1.91. The van der Waals surface area contributed by atoms with Crippen LogP contribution in [0, 0.1) is 0 Å². The second kappa shape index (κ2) is 7.29. The molecule has 0 radical (unpaired) electrons. The Morgan fingerprint density at radius 3 is 2.62 bits per heavy atom. The van der Waals surface area contributed by atoms with Crippen molar-refractivity contribution >= 4 is 26.9 Å². The largest absolute Gasteiger partial charge is 0.494 e. The van der Waals surface area contributed by atoms with Crippen LogP contribution >= 0.6 is 11.8 Å². The van der Waals surface area contributed by atoms with E-state index in [0.717, 1.165) is 12.8 Å². The third-order valence-corrected chi connectivity index (χ3v) is 5.63. The van der Waals surface area contributed by atoms with Crippen molar-refractivity contribution in [3.8, 4) is 5.75 Å².